The first kappa shape index (κ1) is 27.7. The highest BCUT2D eigenvalue weighted by molar-refractivity contribution is 5.78. The first-order valence-electron chi connectivity index (χ1n) is 13.9. The van der Waals surface area contributed by atoms with E-state index in [1.54, 1.807) is 31.4 Å². The van der Waals surface area contributed by atoms with E-state index in [0.717, 1.165) is 45.4 Å². The smallest absolute Gasteiger partial charge is 0.296 e. The number of methoxy groups -OCH3 is 1. The summed E-state index contributed by atoms with van der Waals surface area (Å²) in [5, 5.41) is 3.45. The second kappa shape index (κ2) is 12.5. The van der Waals surface area contributed by atoms with Gasteiger partial charge < -0.3 is 24.6 Å². The van der Waals surface area contributed by atoms with Crippen molar-refractivity contribution < 1.29 is 18.3 Å². The first-order chi connectivity index (χ1) is 18.9. The van der Waals surface area contributed by atoms with Crippen LogP contribution < -0.4 is 10.2 Å². The maximum Gasteiger partial charge on any atom is 0.296 e. The van der Waals surface area contributed by atoms with Gasteiger partial charge in [0.15, 0.2) is 5.82 Å². The molecular weight excluding hydrogens is 504 g/mol. The number of anilines is 2. The number of likely N-dealkylation sites (N-methyl/N-ethyl adjacent to an activating group) is 1. The lowest BCUT2D eigenvalue weighted by Gasteiger charge is -2.35. The van der Waals surface area contributed by atoms with Gasteiger partial charge in [-0.3, -0.25) is 4.57 Å². The predicted octanol–water partition coefficient (Wildman–Crippen LogP) is 4.53. The van der Waals surface area contributed by atoms with Gasteiger partial charge in [-0.05, 0) is 57.7 Å². The molecule has 3 heterocycles. The van der Waals surface area contributed by atoms with Gasteiger partial charge in [0, 0.05) is 38.9 Å². The van der Waals surface area contributed by atoms with Crippen molar-refractivity contribution in [2.75, 3.05) is 63.8 Å². The number of hydrogen-bond acceptors (Lipinski definition) is 8. The van der Waals surface area contributed by atoms with Crippen LogP contribution in [0.5, 0.6) is 0 Å². The van der Waals surface area contributed by atoms with Crippen LogP contribution >= 0.6 is 0 Å². The lowest BCUT2D eigenvalue weighted by Crippen LogP contribution is -2.44. The first-order valence-corrected chi connectivity index (χ1v) is 13.9. The van der Waals surface area contributed by atoms with Gasteiger partial charge in [-0.15, -0.1) is 0 Å². The highest BCUT2D eigenvalue weighted by atomic mass is 19.3. The predicted molar refractivity (Wildman–Crippen MR) is 148 cm³/mol. The zero-order valence-corrected chi connectivity index (χ0v) is 23.0. The molecule has 0 radical (unpaired) electrons. The summed E-state index contributed by atoms with van der Waals surface area (Å²) < 4.78 is 40.6. The Morgan fingerprint density at radius 3 is 2.64 bits per heavy atom. The number of halogens is 2. The molecule has 2 aliphatic rings. The molecule has 0 bridgehead atoms. The summed E-state index contributed by atoms with van der Waals surface area (Å²) in [7, 11) is 3.91. The zero-order valence-electron chi connectivity index (χ0n) is 23.0. The number of nitrogens with zero attached hydrogens (tertiary/aromatic N) is 6. The van der Waals surface area contributed by atoms with Gasteiger partial charge in [-0.25, -0.2) is 13.8 Å². The van der Waals surface area contributed by atoms with Gasteiger partial charge in [0.25, 0.3) is 6.43 Å². The third kappa shape index (κ3) is 6.31. The Balaban J connectivity index is 1.39. The molecule has 2 aromatic heterocycles. The molecule has 0 unspecified atom stereocenters. The minimum atomic E-state index is -2.74. The molecule has 11 heteroatoms. The molecule has 1 atom stereocenters. The fraction of sp³-hybridized carbons (Fsp3) is 0.607. The molecule has 0 amide bonds. The van der Waals surface area contributed by atoms with Gasteiger partial charge in [0.1, 0.15) is 11.6 Å². The number of ether oxygens (including phenoxy) is 2. The van der Waals surface area contributed by atoms with Gasteiger partial charge in [0.05, 0.1) is 36.9 Å². The largest absolute Gasteiger partial charge is 0.383 e. The third-order valence-electron chi connectivity index (χ3n) is 8.01. The Hall–Kier alpha value is -2.89. The Morgan fingerprint density at radius 2 is 1.90 bits per heavy atom. The van der Waals surface area contributed by atoms with E-state index in [4.69, 9.17) is 19.4 Å². The Bertz CT molecular complexity index is 1230. The second-order valence-corrected chi connectivity index (χ2v) is 10.6. The van der Waals surface area contributed by atoms with Crippen LogP contribution in [0, 0.1) is 5.92 Å². The quantitative estimate of drug-likeness (QED) is 0.400. The van der Waals surface area contributed by atoms with E-state index in [1.165, 1.54) is 4.57 Å². The summed E-state index contributed by atoms with van der Waals surface area (Å²) in [4.78, 5) is 18.3. The number of rotatable bonds is 10. The summed E-state index contributed by atoms with van der Waals surface area (Å²) in [6.45, 7) is 6.34. The van der Waals surface area contributed by atoms with E-state index in [2.05, 4.69) is 34.1 Å². The van der Waals surface area contributed by atoms with Crippen LogP contribution in [0.15, 0.2) is 30.3 Å². The lowest BCUT2D eigenvalue weighted by molar-refractivity contribution is 0.0985. The number of hydrogen-bond donors (Lipinski definition) is 1. The van der Waals surface area contributed by atoms with Gasteiger partial charge >= 0.3 is 0 Å². The van der Waals surface area contributed by atoms with E-state index in [-0.39, 0.29) is 11.9 Å². The Labute approximate surface area is 228 Å². The molecular formula is C28H39F2N7O2. The fourth-order valence-corrected chi connectivity index (χ4v) is 5.71. The SMILES string of the molecule is COCCN(C)C1CCC(CNc2nc(N3CCOC[C@H]3C)cc(-n3c(C(F)F)nc4ccccc43)n2)CC1. The van der Waals surface area contributed by atoms with Gasteiger partial charge in [-0.1, -0.05) is 12.1 Å². The zero-order chi connectivity index (χ0) is 27.4. The van der Waals surface area contributed by atoms with Crippen LogP contribution in [0.2, 0.25) is 0 Å². The minimum Gasteiger partial charge on any atom is -0.383 e. The summed E-state index contributed by atoms with van der Waals surface area (Å²) in [6, 6.07) is 9.63. The Morgan fingerprint density at radius 1 is 1.13 bits per heavy atom. The highest BCUT2D eigenvalue weighted by Gasteiger charge is 2.27. The molecule has 1 saturated heterocycles. The molecule has 39 heavy (non-hydrogen) atoms. The monoisotopic (exact) mass is 543 g/mol. The van der Waals surface area contributed by atoms with Crippen LogP contribution in [0.4, 0.5) is 20.5 Å². The average Bonchev–Trinajstić information content (AvgIpc) is 3.35. The van der Waals surface area contributed by atoms with Gasteiger partial charge in [0.2, 0.25) is 5.95 Å². The molecule has 1 aromatic carbocycles. The van der Waals surface area contributed by atoms with Crippen LogP contribution in [-0.2, 0) is 9.47 Å². The number of benzene rings is 1. The average molecular weight is 544 g/mol. The van der Waals surface area contributed by atoms with Crippen LogP contribution in [0.25, 0.3) is 16.9 Å². The summed E-state index contributed by atoms with van der Waals surface area (Å²) in [5.74, 6) is 1.70. The maximum atomic E-state index is 14.1. The van der Waals surface area contributed by atoms with Crippen LogP contribution in [-0.4, -0.2) is 90.1 Å². The number of imidazole rings is 1. The molecule has 3 aromatic rings. The summed E-state index contributed by atoms with van der Waals surface area (Å²) >= 11 is 0. The van der Waals surface area contributed by atoms with Crippen molar-refractivity contribution in [3.63, 3.8) is 0 Å². The molecule has 9 nitrogen and oxygen atoms in total. The lowest BCUT2D eigenvalue weighted by atomic mass is 9.85. The number of para-hydroxylation sites is 2. The van der Waals surface area contributed by atoms with Crippen molar-refractivity contribution in [1.82, 2.24) is 24.4 Å². The van der Waals surface area contributed by atoms with Crippen molar-refractivity contribution >= 4 is 22.8 Å². The molecule has 1 saturated carbocycles. The molecule has 212 valence electrons. The van der Waals surface area contributed by atoms with Crippen LogP contribution in [0.1, 0.15) is 44.9 Å². The minimum absolute atomic E-state index is 0.105. The molecule has 5 rings (SSSR count). The molecule has 2 fully saturated rings. The van der Waals surface area contributed by atoms with E-state index in [9.17, 15) is 8.78 Å². The topological polar surface area (TPSA) is 80.6 Å². The van der Waals surface area contributed by atoms with Crippen molar-refractivity contribution in [1.29, 1.82) is 0 Å². The summed E-state index contributed by atoms with van der Waals surface area (Å²) in [6.07, 6.45) is 1.77. The highest BCUT2D eigenvalue weighted by Crippen LogP contribution is 2.31. The number of morpholine rings is 1. The number of aromatic nitrogens is 4. The summed E-state index contributed by atoms with van der Waals surface area (Å²) in [5.41, 5.74) is 1.10. The normalized spacial score (nSPS) is 22.2. The van der Waals surface area contributed by atoms with Crippen molar-refractivity contribution in [2.24, 2.45) is 5.92 Å². The standard InChI is InChI=1S/C28H39F2N7O2/c1-19-18-39-15-13-36(19)24-16-25(37-23-7-5-4-6-22(23)32-27(37)26(29)30)34-28(33-24)31-17-20-8-10-21(11-9-20)35(2)12-14-38-3/h4-7,16,19-21,26H,8-15,17-18H2,1-3H3,(H,31,33,34)/t19-,20?,21?/m1/s1. The van der Waals surface area contributed by atoms with E-state index < -0.39 is 6.43 Å². The van der Waals surface area contributed by atoms with Crippen molar-refractivity contribution in [3.8, 4) is 5.82 Å². The molecule has 1 aliphatic heterocycles. The van der Waals surface area contributed by atoms with Crippen molar-refractivity contribution in [3.05, 3.63) is 36.2 Å². The van der Waals surface area contributed by atoms with Crippen LogP contribution in [0.3, 0.4) is 0 Å². The van der Waals surface area contributed by atoms with E-state index in [1.807, 2.05) is 6.07 Å². The maximum absolute atomic E-state index is 14.1. The second-order valence-electron chi connectivity index (χ2n) is 10.6. The van der Waals surface area contributed by atoms with Crippen molar-refractivity contribution in [2.45, 2.75) is 51.1 Å². The molecule has 1 aliphatic carbocycles. The fourth-order valence-electron chi connectivity index (χ4n) is 5.71. The number of fused-ring (bicyclic) bond motifs is 1. The molecule has 0 spiro atoms. The Kier molecular flexibility index (Phi) is 8.89. The number of nitrogens with one attached hydrogen (secondary N) is 1. The third-order valence-corrected chi connectivity index (χ3v) is 8.01. The van der Waals surface area contributed by atoms with E-state index in [0.29, 0.717) is 60.3 Å². The van der Waals surface area contributed by atoms with E-state index >= 15 is 0 Å². The van der Waals surface area contributed by atoms with Gasteiger partial charge in [-0.2, -0.15) is 9.97 Å². The molecule has 1 N–H and O–H groups in total. The number of alkyl halides is 2.